The Morgan fingerprint density at radius 1 is 1.15 bits per heavy atom. The molecular formula is C15H18FN3O. The largest absolute Gasteiger partial charge is 0.459 e. The number of nitrogens with zero attached hydrogens (tertiary/aromatic N) is 2. The zero-order valence-electron chi connectivity index (χ0n) is 12.1. The Kier molecular flexibility index (Phi) is 3.88. The van der Waals surface area contributed by atoms with Crippen LogP contribution in [0.4, 0.5) is 10.2 Å². The molecule has 0 fully saturated rings. The lowest BCUT2D eigenvalue weighted by Crippen LogP contribution is -2.07. The van der Waals surface area contributed by atoms with Crippen LogP contribution in [0.5, 0.6) is 6.01 Å². The summed E-state index contributed by atoms with van der Waals surface area (Å²) in [6, 6.07) is 2.24. The van der Waals surface area contributed by atoms with E-state index in [2.05, 4.69) is 43.7 Å². The van der Waals surface area contributed by atoms with E-state index < -0.39 is 5.82 Å². The van der Waals surface area contributed by atoms with Crippen LogP contribution in [0, 0.1) is 33.5 Å². The number of hydrogen-bond donors (Lipinski definition) is 1. The fourth-order valence-electron chi connectivity index (χ4n) is 2.08. The number of nitrogens with two attached hydrogens (primary N) is 1. The molecule has 0 radical (unpaired) electrons. The number of anilines is 1. The number of nitrogen functional groups attached to an aromatic ring is 1. The highest BCUT2D eigenvalue weighted by atomic mass is 19.1. The third kappa shape index (κ3) is 2.71. The lowest BCUT2D eigenvalue weighted by Gasteiger charge is -2.15. The van der Waals surface area contributed by atoms with Crippen molar-refractivity contribution >= 4 is 5.82 Å². The van der Waals surface area contributed by atoms with Gasteiger partial charge in [-0.2, -0.15) is 4.98 Å². The van der Waals surface area contributed by atoms with Crippen LogP contribution in [0.25, 0.3) is 0 Å². The molecule has 0 atom stereocenters. The summed E-state index contributed by atoms with van der Waals surface area (Å²) in [5.41, 5.74) is 11.3. The third-order valence-corrected chi connectivity index (χ3v) is 3.62. The maximum atomic E-state index is 13.0. The van der Waals surface area contributed by atoms with E-state index in [9.17, 15) is 4.39 Å². The molecular weight excluding hydrogens is 257 g/mol. The maximum Gasteiger partial charge on any atom is 0.318 e. The second kappa shape index (κ2) is 5.45. The summed E-state index contributed by atoms with van der Waals surface area (Å²) in [4.78, 5) is 7.53. The number of aryl methyl sites for hydroxylation is 2. The van der Waals surface area contributed by atoms with Crippen LogP contribution in [-0.2, 0) is 6.61 Å². The number of halogens is 1. The van der Waals surface area contributed by atoms with E-state index >= 15 is 0 Å². The van der Waals surface area contributed by atoms with Crippen molar-refractivity contribution in [3.05, 3.63) is 45.9 Å². The van der Waals surface area contributed by atoms with Crippen molar-refractivity contribution in [1.29, 1.82) is 0 Å². The minimum absolute atomic E-state index is 0.0851. The van der Waals surface area contributed by atoms with E-state index in [1.807, 2.05) is 0 Å². The smallest absolute Gasteiger partial charge is 0.318 e. The normalized spacial score (nSPS) is 10.7. The summed E-state index contributed by atoms with van der Waals surface area (Å²) in [5.74, 6) is -0.847. The van der Waals surface area contributed by atoms with Gasteiger partial charge in [0.25, 0.3) is 0 Å². The SMILES string of the molecule is Cc1cc(C)c(C)c(COc2ncc(F)c(N)n2)c1C. The van der Waals surface area contributed by atoms with Crippen LogP contribution in [0.1, 0.15) is 27.8 Å². The van der Waals surface area contributed by atoms with E-state index in [1.54, 1.807) is 0 Å². The van der Waals surface area contributed by atoms with Gasteiger partial charge in [0.2, 0.25) is 0 Å². The van der Waals surface area contributed by atoms with Gasteiger partial charge in [-0.1, -0.05) is 6.07 Å². The fourth-order valence-corrected chi connectivity index (χ4v) is 2.08. The average Bonchev–Trinajstić information content (AvgIpc) is 2.40. The molecule has 2 N–H and O–H groups in total. The highest BCUT2D eigenvalue weighted by Crippen LogP contribution is 2.23. The molecule has 5 heteroatoms. The molecule has 0 bridgehead atoms. The van der Waals surface area contributed by atoms with Gasteiger partial charge in [0.15, 0.2) is 11.6 Å². The Hall–Kier alpha value is -2.17. The molecule has 0 aliphatic heterocycles. The second-order valence-corrected chi connectivity index (χ2v) is 4.91. The summed E-state index contributed by atoms with van der Waals surface area (Å²) in [7, 11) is 0. The molecule has 0 spiro atoms. The summed E-state index contributed by atoms with van der Waals surface area (Å²) in [6.07, 6.45) is 1.01. The molecule has 1 heterocycles. The van der Waals surface area contributed by atoms with Gasteiger partial charge in [-0.15, -0.1) is 0 Å². The fraction of sp³-hybridized carbons (Fsp3) is 0.333. The molecule has 0 saturated heterocycles. The zero-order valence-corrected chi connectivity index (χ0v) is 12.1. The van der Waals surface area contributed by atoms with Crippen LogP contribution in [0.15, 0.2) is 12.3 Å². The van der Waals surface area contributed by atoms with Gasteiger partial charge in [0.05, 0.1) is 6.20 Å². The summed E-state index contributed by atoms with van der Waals surface area (Å²) in [5, 5.41) is 0. The number of benzene rings is 1. The van der Waals surface area contributed by atoms with Crippen LogP contribution in [0.3, 0.4) is 0 Å². The first-order valence-electron chi connectivity index (χ1n) is 6.37. The molecule has 0 amide bonds. The molecule has 20 heavy (non-hydrogen) atoms. The first-order chi connectivity index (χ1) is 9.40. The Morgan fingerprint density at radius 3 is 2.30 bits per heavy atom. The highest BCUT2D eigenvalue weighted by molar-refractivity contribution is 5.43. The number of aromatic nitrogens is 2. The number of rotatable bonds is 3. The van der Waals surface area contributed by atoms with E-state index in [1.165, 1.54) is 22.3 Å². The number of ether oxygens (including phenoxy) is 1. The van der Waals surface area contributed by atoms with Gasteiger partial charge in [-0.3, -0.25) is 0 Å². The van der Waals surface area contributed by atoms with Crippen molar-refractivity contribution in [3.63, 3.8) is 0 Å². The molecule has 2 aromatic rings. The number of hydrogen-bond acceptors (Lipinski definition) is 4. The molecule has 0 saturated carbocycles. The average molecular weight is 275 g/mol. The Balaban J connectivity index is 2.25. The Bertz CT molecular complexity index is 630. The highest BCUT2D eigenvalue weighted by Gasteiger charge is 2.10. The van der Waals surface area contributed by atoms with E-state index in [4.69, 9.17) is 10.5 Å². The molecule has 1 aromatic carbocycles. The van der Waals surface area contributed by atoms with Gasteiger partial charge >= 0.3 is 6.01 Å². The third-order valence-electron chi connectivity index (χ3n) is 3.62. The minimum atomic E-state index is -0.642. The topological polar surface area (TPSA) is 61.0 Å². The molecule has 0 aliphatic carbocycles. The van der Waals surface area contributed by atoms with E-state index in [0.717, 1.165) is 11.8 Å². The summed E-state index contributed by atoms with van der Waals surface area (Å²) in [6.45, 7) is 8.58. The molecule has 0 aliphatic rings. The first-order valence-corrected chi connectivity index (χ1v) is 6.37. The Morgan fingerprint density at radius 2 is 1.75 bits per heavy atom. The summed E-state index contributed by atoms with van der Waals surface area (Å²) >= 11 is 0. The lowest BCUT2D eigenvalue weighted by atomic mass is 9.95. The Labute approximate surface area is 117 Å². The van der Waals surface area contributed by atoms with Crippen LogP contribution >= 0.6 is 0 Å². The second-order valence-electron chi connectivity index (χ2n) is 4.91. The molecule has 4 nitrogen and oxygen atoms in total. The quantitative estimate of drug-likeness (QED) is 0.935. The molecule has 1 aromatic heterocycles. The molecule has 0 unspecified atom stereocenters. The van der Waals surface area contributed by atoms with Crippen LogP contribution in [-0.4, -0.2) is 9.97 Å². The van der Waals surface area contributed by atoms with Crippen molar-refractivity contribution in [1.82, 2.24) is 9.97 Å². The van der Waals surface area contributed by atoms with Crippen molar-refractivity contribution < 1.29 is 9.13 Å². The summed E-state index contributed by atoms with van der Waals surface area (Å²) < 4.78 is 18.5. The maximum absolute atomic E-state index is 13.0. The first kappa shape index (κ1) is 14.2. The molecule has 106 valence electrons. The zero-order chi connectivity index (χ0) is 14.9. The van der Waals surface area contributed by atoms with Crippen molar-refractivity contribution in [2.24, 2.45) is 0 Å². The minimum Gasteiger partial charge on any atom is -0.459 e. The van der Waals surface area contributed by atoms with Gasteiger partial charge in [-0.25, -0.2) is 9.37 Å². The van der Waals surface area contributed by atoms with Crippen LogP contribution < -0.4 is 10.5 Å². The van der Waals surface area contributed by atoms with E-state index in [-0.39, 0.29) is 11.8 Å². The van der Waals surface area contributed by atoms with Crippen molar-refractivity contribution in [2.75, 3.05) is 5.73 Å². The predicted molar refractivity (Wildman–Crippen MR) is 76.1 cm³/mol. The van der Waals surface area contributed by atoms with Gasteiger partial charge in [0.1, 0.15) is 6.61 Å². The van der Waals surface area contributed by atoms with Crippen molar-refractivity contribution in [2.45, 2.75) is 34.3 Å². The standard InChI is InChI=1S/C15H18FN3O/c1-8-5-9(2)11(4)12(10(8)3)7-20-15-18-6-13(16)14(17)19-15/h5-6H,7H2,1-4H3,(H2,17,18,19). The van der Waals surface area contributed by atoms with Gasteiger partial charge in [-0.05, 0) is 55.5 Å². The van der Waals surface area contributed by atoms with Gasteiger partial charge in [0, 0.05) is 0 Å². The van der Waals surface area contributed by atoms with Crippen molar-refractivity contribution in [3.8, 4) is 6.01 Å². The monoisotopic (exact) mass is 275 g/mol. The van der Waals surface area contributed by atoms with Crippen LogP contribution in [0.2, 0.25) is 0 Å². The van der Waals surface area contributed by atoms with Gasteiger partial charge < -0.3 is 10.5 Å². The lowest BCUT2D eigenvalue weighted by molar-refractivity contribution is 0.278. The predicted octanol–water partition coefficient (Wildman–Crippen LogP) is 3.01. The molecule has 2 rings (SSSR count). The van der Waals surface area contributed by atoms with E-state index in [0.29, 0.717) is 6.61 Å².